The lowest BCUT2D eigenvalue weighted by atomic mass is 9.59. The zero-order chi connectivity index (χ0) is 17.9. The first kappa shape index (κ1) is 16.8. The fourth-order valence-corrected chi connectivity index (χ4v) is 6.56. The lowest BCUT2D eigenvalue weighted by molar-refractivity contribution is -0.137. The third-order valence-corrected chi connectivity index (χ3v) is 8.11. The van der Waals surface area contributed by atoms with Crippen LogP contribution in [0.15, 0.2) is 30.3 Å². The Bertz CT molecular complexity index is 695. The highest BCUT2D eigenvalue weighted by Gasteiger charge is 2.68. The van der Waals surface area contributed by atoms with Crippen LogP contribution in [-0.2, 0) is 9.53 Å². The van der Waals surface area contributed by atoms with Crippen molar-refractivity contribution < 1.29 is 9.53 Å². The summed E-state index contributed by atoms with van der Waals surface area (Å²) in [6.07, 6.45) is 6.98. The van der Waals surface area contributed by atoms with Gasteiger partial charge in [0.05, 0.1) is 6.10 Å². The Hall–Kier alpha value is -1.35. The highest BCUT2D eigenvalue weighted by molar-refractivity contribution is 5.77. The Morgan fingerprint density at radius 3 is 2.73 bits per heavy atom. The number of carbonyl (C=O) groups excluding carboxylic acids is 1. The SMILES string of the molecule is CC1(C)[C@@H]2C[C@@H]3[C@@H](c4ccccc4)OCC[C@]3(C2)[C@H]1NC(=O)CC1CC1. The molecular weight excluding hydrogens is 322 g/mol. The summed E-state index contributed by atoms with van der Waals surface area (Å²) in [6, 6.07) is 11.0. The molecule has 1 heterocycles. The Morgan fingerprint density at radius 1 is 1.23 bits per heavy atom. The van der Waals surface area contributed by atoms with E-state index in [1.165, 1.54) is 31.2 Å². The van der Waals surface area contributed by atoms with Gasteiger partial charge < -0.3 is 10.1 Å². The van der Waals surface area contributed by atoms with Gasteiger partial charge in [-0.1, -0.05) is 44.2 Å². The summed E-state index contributed by atoms with van der Waals surface area (Å²) < 4.78 is 6.31. The largest absolute Gasteiger partial charge is 0.373 e. The van der Waals surface area contributed by atoms with Crippen LogP contribution < -0.4 is 5.32 Å². The van der Waals surface area contributed by atoms with E-state index in [1.807, 2.05) is 0 Å². The second-order valence-electron chi connectivity index (χ2n) is 9.90. The van der Waals surface area contributed by atoms with E-state index in [0.29, 0.717) is 23.8 Å². The van der Waals surface area contributed by atoms with E-state index in [-0.39, 0.29) is 22.8 Å². The Kier molecular flexibility index (Phi) is 3.76. The number of hydrogen-bond acceptors (Lipinski definition) is 2. The molecule has 1 saturated heterocycles. The fraction of sp³-hybridized carbons (Fsp3) is 0.696. The van der Waals surface area contributed by atoms with Crippen LogP contribution in [0.1, 0.15) is 64.0 Å². The molecule has 26 heavy (non-hydrogen) atoms. The van der Waals surface area contributed by atoms with Gasteiger partial charge in [0.1, 0.15) is 0 Å². The monoisotopic (exact) mass is 353 g/mol. The molecule has 5 atom stereocenters. The summed E-state index contributed by atoms with van der Waals surface area (Å²) >= 11 is 0. The Labute approximate surface area is 156 Å². The van der Waals surface area contributed by atoms with E-state index in [1.54, 1.807) is 0 Å². The molecule has 3 heteroatoms. The maximum absolute atomic E-state index is 12.7. The van der Waals surface area contributed by atoms with Crippen LogP contribution in [0.3, 0.4) is 0 Å². The molecule has 4 fully saturated rings. The molecule has 2 bridgehead atoms. The average molecular weight is 354 g/mol. The van der Waals surface area contributed by atoms with Gasteiger partial charge in [-0.25, -0.2) is 0 Å². The van der Waals surface area contributed by atoms with Crippen molar-refractivity contribution in [2.75, 3.05) is 6.61 Å². The third-order valence-electron chi connectivity index (χ3n) is 8.11. The summed E-state index contributed by atoms with van der Waals surface area (Å²) in [6.45, 7) is 5.59. The van der Waals surface area contributed by atoms with Gasteiger partial charge in [-0.3, -0.25) is 4.79 Å². The van der Waals surface area contributed by atoms with Crippen LogP contribution in [0.2, 0.25) is 0 Å². The van der Waals surface area contributed by atoms with Crippen molar-refractivity contribution in [2.45, 2.75) is 64.5 Å². The first-order valence-corrected chi connectivity index (χ1v) is 10.5. The second-order valence-corrected chi connectivity index (χ2v) is 9.90. The van der Waals surface area contributed by atoms with Gasteiger partial charge in [0.25, 0.3) is 0 Å². The van der Waals surface area contributed by atoms with Gasteiger partial charge in [-0.05, 0) is 66.3 Å². The van der Waals surface area contributed by atoms with Crippen LogP contribution >= 0.6 is 0 Å². The van der Waals surface area contributed by atoms with Gasteiger partial charge in [-0.2, -0.15) is 0 Å². The number of ether oxygens (including phenoxy) is 1. The van der Waals surface area contributed by atoms with Crippen molar-refractivity contribution in [3.05, 3.63) is 35.9 Å². The maximum atomic E-state index is 12.7. The average Bonchev–Trinajstić information content (AvgIpc) is 3.30. The summed E-state index contributed by atoms with van der Waals surface area (Å²) in [5, 5.41) is 3.54. The predicted octanol–water partition coefficient (Wildman–Crippen LogP) is 4.49. The molecule has 1 aromatic carbocycles. The van der Waals surface area contributed by atoms with E-state index in [9.17, 15) is 4.79 Å². The van der Waals surface area contributed by atoms with Crippen molar-refractivity contribution in [3.8, 4) is 0 Å². The van der Waals surface area contributed by atoms with Crippen molar-refractivity contribution in [1.82, 2.24) is 5.32 Å². The first-order valence-electron chi connectivity index (χ1n) is 10.5. The van der Waals surface area contributed by atoms with E-state index < -0.39 is 0 Å². The minimum atomic E-state index is 0.189. The topological polar surface area (TPSA) is 38.3 Å². The number of nitrogens with one attached hydrogen (secondary N) is 1. The maximum Gasteiger partial charge on any atom is 0.220 e. The van der Waals surface area contributed by atoms with Crippen molar-refractivity contribution >= 4 is 5.91 Å². The molecule has 0 aromatic heterocycles. The smallest absolute Gasteiger partial charge is 0.220 e. The van der Waals surface area contributed by atoms with E-state index in [4.69, 9.17) is 4.74 Å². The minimum absolute atomic E-state index is 0.189. The highest BCUT2D eigenvalue weighted by atomic mass is 16.5. The van der Waals surface area contributed by atoms with Crippen molar-refractivity contribution in [1.29, 1.82) is 0 Å². The van der Waals surface area contributed by atoms with Gasteiger partial charge >= 0.3 is 0 Å². The molecule has 0 unspecified atom stereocenters. The second kappa shape index (κ2) is 5.82. The molecule has 1 aromatic rings. The lowest BCUT2D eigenvalue weighted by Gasteiger charge is -2.53. The van der Waals surface area contributed by atoms with E-state index in [0.717, 1.165) is 19.4 Å². The Balaban J connectivity index is 1.45. The van der Waals surface area contributed by atoms with Crippen molar-refractivity contribution in [3.63, 3.8) is 0 Å². The van der Waals surface area contributed by atoms with Gasteiger partial charge in [0.15, 0.2) is 0 Å². The van der Waals surface area contributed by atoms with E-state index in [2.05, 4.69) is 49.5 Å². The minimum Gasteiger partial charge on any atom is -0.373 e. The molecule has 3 aliphatic carbocycles. The van der Waals surface area contributed by atoms with Crippen molar-refractivity contribution in [2.24, 2.45) is 28.6 Å². The molecule has 1 aliphatic heterocycles. The molecule has 3 nitrogen and oxygen atoms in total. The lowest BCUT2D eigenvalue weighted by Crippen LogP contribution is -2.58. The number of rotatable bonds is 4. The molecule has 0 radical (unpaired) electrons. The molecule has 140 valence electrons. The predicted molar refractivity (Wildman–Crippen MR) is 101 cm³/mol. The number of fused-ring (bicyclic) bond motifs is 1. The zero-order valence-corrected chi connectivity index (χ0v) is 16.0. The molecule has 3 saturated carbocycles. The summed E-state index contributed by atoms with van der Waals surface area (Å²) in [7, 11) is 0. The number of benzene rings is 1. The normalized spacial score (nSPS) is 40.2. The molecule has 1 N–H and O–H groups in total. The zero-order valence-electron chi connectivity index (χ0n) is 16.0. The molecule has 4 aliphatic rings. The fourth-order valence-electron chi connectivity index (χ4n) is 6.56. The standard InChI is InChI=1S/C23H31NO2/c1-22(2)17-13-18-20(16-6-4-3-5-7-16)26-11-10-23(18,14-17)21(22)24-19(25)12-15-8-9-15/h3-7,15,17-18,20-21H,8-14H2,1-2H3,(H,24,25)/t17-,18-,20-,21+,23-/m1/s1. The van der Waals surface area contributed by atoms with E-state index >= 15 is 0 Å². The van der Waals surface area contributed by atoms with Gasteiger partial charge in [0, 0.05) is 19.1 Å². The third kappa shape index (κ3) is 2.46. The summed E-state index contributed by atoms with van der Waals surface area (Å²) in [5.41, 5.74) is 1.71. The summed E-state index contributed by atoms with van der Waals surface area (Å²) in [4.78, 5) is 12.7. The number of amides is 1. The van der Waals surface area contributed by atoms with Crippen LogP contribution in [0.5, 0.6) is 0 Å². The van der Waals surface area contributed by atoms with Gasteiger partial charge in [-0.15, -0.1) is 0 Å². The van der Waals surface area contributed by atoms with Gasteiger partial charge in [0.2, 0.25) is 5.91 Å². The molecule has 5 rings (SSSR count). The number of carbonyl (C=O) groups is 1. The van der Waals surface area contributed by atoms with Crippen LogP contribution in [-0.4, -0.2) is 18.6 Å². The van der Waals surface area contributed by atoms with Crippen LogP contribution in [0.25, 0.3) is 0 Å². The quantitative estimate of drug-likeness (QED) is 0.866. The summed E-state index contributed by atoms with van der Waals surface area (Å²) in [5.74, 6) is 2.15. The Morgan fingerprint density at radius 2 is 2.00 bits per heavy atom. The van der Waals surface area contributed by atoms with Crippen LogP contribution in [0, 0.1) is 28.6 Å². The first-order chi connectivity index (χ1) is 12.5. The molecular formula is C23H31NO2. The molecule has 1 spiro atoms. The van der Waals surface area contributed by atoms with Crippen LogP contribution in [0.4, 0.5) is 0 Å². The number of hydrogen-bond donors (Lipinski definition) is 1. The molecule has 1 amide bonds. The highest BCUT2D eigenvalue weighted by Crippen LogP contribution is 2.70.